The number of thiophene rings is 2. The number of hydrogen-bond donors (Lipinski definition) is 0. The lowest BCUT2D eigenvalue weighted by Crippen LogP contribution is -2.28. The van der Waals surface area contributed by atoms with Crippen LogP contribution in [-0.4, -0.2) is 44.9 Å². The van der Waals surface area contributed by atoms with Gasteiger partial charge in [0.25, 0.3) is 0 Å². The van der Waals surface area contributed by atoms with Crippen LogP contribution in [0.1, 0.15) is 45.0 Å². The lowest BCUT2D eigenvalue weighted by Gasteiger charge is -2.32. The minimum atomic E-state index is 0.299. The molecule has 0 saturated carbocycles. The Hall–Kier alpha value is -4.36. The van der Waals surface area contributed by atoms with E-state index in [9.17, 15) is 0 Å². The molecule has 9 aromatic carbocycles. The minimum absolute atomic E-state index is 0.299. The van der Waals surface area contributed by atoms with Crippen molar-refractivity contribution < 1.29 is 9.47 Å². The Balaban J connectivity index is 1.09. The summed E-state index contributed by atoms with van der Waals surface area (Å²) in [6, 6.07) is 29.5. The lowest BCUT2D eigenvalue weighted by atomic mass is 9.72. The van der Waals surface area contributed by atoms with E-state index in [2.05, 4.69) is 83.1 Å². The van der Waals surface area contributed by atoms with Gasteiger partial charge in [0.2, 0.25) is 0 Å². The van der Waals surface area contributed by atoms with Crippen molar-refractivity contribution in [1.29, 1.82) is 0 Å². The maximum atomic E-state index is 6.14. The molecule has 2 aliphatic carbocycles. The van der Waals surface area contributed by atoms with Crippen molar-refractivity contribution in [1.82, 2.24) is 4.90 Å². The molecule has 3 heterocycles. The Bertz CT molecular complexity index is 3190. The van der Waals surface area contributed by atoms with Crippen LogP contribution in [0.4, 0.5) is 0 Å². The van der Waals surface area contributed by atoms with Crippen LogP contribution in [0.15, 0.2) is 78.2 Å². The highest BCUT2D eigenvalue weighted by Gasteiger charge is 2.49. The van der Waals surface area contributed by atoms with E-state index in [1.54, 1.807) is 66.9 Å². The van der Waals surface area contributed by atoms with Crippen molar-refractivity contribution in [3.05, 3.63) is 105 Å². The summed E-state index contributed by atoms with van der Waals surface area (Å²) < 4.78 is 11.5. The maximum absolute atomic E-state index is 6.14. The quantitative estimate of drug-likeness (QED) is 0.117. The van der Waals surface area contributed by atoms with E-state index in [1.807, 2.05) is 22.7 Å². The van der Waals surface area contributed by atoms with Crippen molar-refractivity contribution in [3.8, 4) is 9.75 Å². The molecule has 1 aliphatic heterocycles. The van der Waals surface area contributed by atoms with Gasteiger partial charge >= 0.3 is 0 Å². The first-order valence-electron chi connectivity index (χ1n) is 18.4. The Morgan fingerprint density at radius 2 is 1.39 bits per heavy atom. The van der Waals surface area contributed by atoms with Gasteiger partial charge < -0.3 is 9.47 Å². The molecule has 1 saturated heterocycles. The molecule has 1 fully saturated rings. The summed E-state index contributed by atoms with van der Waals surface area (Å²) >= 11 is 3.85. The molecule has 5 heteroatoms. The van der Waals surface area contributed by atoms with Gasteiger partial charge in [-0.2, -0.15) is 0 Å². The normalized spacial score (nSPS) is 20.3. The zero-order valence-corrected chi connectivity index (χ0v) is 29.7. The van der Waals surface area contributed by atoms with E-state index >= 15 is 0 Å². The first kappa shape index (κ1) is 27.3. The summed E-state index contributed by atoms with van der Waals surface area (Å²) in [5, 5.41) is 26.4. The number of hydrogen-bond acceptors (Lipinski definition) is 5. The van der Waals surface area contributed by atoms with Crippen LogP contribution in [0.2, 0.25) is 0 Å². The number of nitrogens with zero attached hydrogens (tertiary/aromatic N) is 1. The number of rotatable bonds is 8. The third-order valence-electron chi connectivity index (χ3n) is 13.5. The Kier molecular flexibility index (Phi) is 4.91. The number of benzene rings is 7. The molecular weight excluding hydrogens is 663 g/mol. The molecule has 0 amide bonds. The fourth-order valence-electron chi connectivity index (χ4n) is 11.8. The van der Waals surface area contributed by atoms with E-state index in [0.29, 0.717) is 31.1 Å². The van der Waals surface area contributed by atoms with Crippen LogP contribution in [0.25, 0.3) is 95.9 Å². The monoisotopic (exact) mass is 693 g/mol. The summed E-state index contributed by atoms with van der Waals surface area (Å²) in [5.41, 5.74) is 6.26. The van der Waals surface area contributed by atoms with E-state index < -0.39 is 0 Å². The number of methoxy groups -OCH3 is 1. The second kappa shape index (κ2) is 9.16. The highest BCUT2D eigenvalue weighted by molar-refractivity contribution is 7.21. The van der Waals surface area contributed by atoms with Gasteiger partial charge in [-0.25, -0.2) is 0 Å². The standard InChI is InChI=1S/C46H31NO2S2/c1-48-14-15-49-13-12-47-20-29-28-19-24-18-23-17-22-5-4-21-6-7-25-26-8-9-27(37(29)46(47)32-11-10-31(51-32)30-3-2-16-50-30)40-39(26)45-43(41(28)40)36(24)35(23)42-34(22)33(21)38(25)44(42)45/h2-11,16-17,19,29,37,46H,12-15,18,20H2,1H3. The van der Waals surface area contributed by atoms with Crippen LogP contribution in [0.3, 0.4) is 0 Å². The van der Waals surface area contributed by atoms with Gasteiger partial charge in [0.15, 0.2) is 0 Å². The van der Waals surface area contributed by atoms with Gasteiger partial charge in [-0.15, -0.1) is 22.7 Å². The predicted octanol–water partition coefficient (Wildman–Crippen LogP) is 11.7. The average molecular weight is 694 g/mol. The minimum Gasteiger partial charge on any atom is -0.382 e. The third-order valence-corrected chi connectivity index (χ3v) is 15.7. The Morgan fingerprint density at radius 1 is 0.647 bits per heavy atom. The van der Waals surface area contributed by atoms with Crippen LogP contribution < -0.4 is 0 Å². The molecule has 244 valence electrons. The fraction of sp³-hybridized carbons (Fsp3) is 0.217. The van der Waals surface area contributed by atoms with Gasteiger partial charge in [-0.05, 0) is 138 Å². The second-order valence-electron chi connectivity index (χ2n) is 15.5. The lowest BCUT2D eigenvalue weighted by molar-refractivity contribution is 0.0547. The molecule has 2 aromatic heterocycles. The summed E-state index contributed by atoms with van der Waals surface area (Å²) in [5.74, 6) is 0.815. The van der Waals surface area contributed by atoms with Gasteiger partial charge in [-0.3, -0.25) is 4.90 Å². The van der Waals surface area contributed by atoms with Crippen molar-refractivity contribution in [2.45, 2.75) is 24.3 Å². The van der Waals surface area contributed by atoms with Gasteiger partial charge in [-0.1, -0.05) is 54.6 Å². The molecule has 51 heavy (non-hydrogen) atoms. The van der Waals surface area contributed by atoms with Crippen molar-refractivity contribution in [2.24, 2.45) is 0 Å². The second-order valence-corrected chi connectivity index (χ2v) is 17.6. The van der Waals surface area contributed by atoms with Gasteiger partial charge in [0, 0.05) is 46.7 Å². The molecule has 3 nitrogen and oxygen atoms in total. The molecule has 0 bridgehead atoms. The molecule has 0 radical (unpaired) electrons. The van der Waals surface area contributed by atoms with E-state index in [1.165, 1.54) is 63.3 Å². The van der Waals surface area contributed by atoms with E-state index in [-0.39, 0.29) is 0 Å². The van der Waals surface area contributed by atoms with E-state index in [0.717, 1.165) is 26.1 Å². The Morgan fingerprint density at radius 3 is 2.25 bits per heavy atom. The molecule has 11 aromatic rings. The van der Waals surface area contributed by atoms with Crippen molar-refractivity contribution in [2.75, 3.05) is 40.0 Å². The van der Waals surface area contributed by atoms with Crippen molar-refractivity contribution >= 4 is 109 Å². The first-order chi connectivity index (χ1) is 25.3. The summed E-state index contributed by atoms with van der Waals surface area (Å²) in [7, 11) is 1.75. The highest BCUT2D eigenvalue weighted by Crippen LogP contribution is 2.66. The Labute approximate surface area is 301 Å². The predicted molar refractivity (Wildman–Crippen MR) is 215 cm³/mol. The zero-order chi connectivity index (χ0) is 32.9. The summed E-state index contributed by atoms with van der Waals surface area (Å²) in [6.45, 7) is 3.96. The summed E-state index contributed by atoms with van der Waals surface area (Å²) in [4.78, 5) is 7.00. The zero-order valence-electron chi connectivity index (χ0n) is 28.1. The molecule has 0 N–H and O–H groups in total. The highest BCUT2D eigenvalue weighted by atomic mass is 32.1. The third kappa shape index (κ3) is 3.02. The fourth-order valence-corrected chi connectivity index (χ4v) is 13.8. The average Bonchev–Trinajstić information content (AvgIpc) is 4.00. The van der Waals surface area contributed by atoms with Crippen LogP contribution in [-0.2, 0) is 15.9 Å². The molecule has 14 rings (SSSR count). The molecule has 3 unspecified atom stereocenters. The number of ether oxygens (including phenoxy) is 2. The number of fused-ring (bicyclic) bond motifs is 4. The smallest absolute Gasteiger partial charge is 0.0700 e. The first-order valence-corrected chi connectivity index (χ1v) is 20.1. The van der Waals surface area contributed by atoms with Crippen LogP contribution >= 0.6 is 22.7 Å². The van der Waals surface area contributed by atoms with Crippen LogP contribution in [0.5, 0.6) is 0 Å². The molecular formula is C46H31NO2S2. The van der Waals surface area contributed by atoms with Crippen molar-refractivity contribution in [3.63, 3.8) is 0 Å². The summed E-state index contributed by atoms with van der Waals surface area (Å²) in [6.07, 6.45) is 1.04. The molecule has 3 aliphatic rings. The van der Waals surface area contributed by atoms with Crippen LogP contribution in [0, 0.1) is 0 Å². The maximum Gasteiger partial charge on any atom is 0.0700 e. The number of likely N-dealkylation sites (tertiary alicyclic amines) is 1. The van der Waals surface area contributed by atoms with Gasteiger partial charge in [0.05, 0.1) is 25.9 Å². The van der Waals surface area contributed by atoms with Gasteiger partial charge in [0.1, 0.15) is 0 Å². The SMILES string of the molecule is COCCOCCN1CC2c3cc4c5c6c(cc7ccc8ccc9c%10ccc(c%11c3c5c(c%10%11)c3c9c8c7c63)C2C1c1ccc(-c2cccs2)s1)C4. The molecule has 0 spiro atoms. The largest absolute Gasteiger partial charge is 0.382 e. The van der Waals surface area contributed by atoms with E-state index in [4.69, 9.17) is 9.47 Å². The topological polar surface area (TPSA) is 21.7 Å². The molecule has 3 atom stereocenters.